The number of carbonyl (C=O) groups excluding carboxylic acids is 1. The normalized spacial score (nSPS) is 20.7. The first-order valence-electron chi connectivity index (χ1n) is 9.10. The van der Waals surface area contributed by atoms with Crippen LogP contribution < -0.4 is 5.32 Å². The molecule has 0 radical (unpaired) electrons. The van der Waals surface area contributed by atoms with E-state index in [1.165, 1.54) is 23.6 Å². The van der Waals surface area contributed by atoms with Crippen LogP contribution >= 0.6 is 11.6 Å². The van der Waals surface area contributed by atoms with Gasteiger partial charge in [0, 0.05) is 12.6 Å². The van der Waals surface area contributed by atoms with E-state index in [0.29, 0.717) is 22.6 Å². The highest BCUT2D eigenvalue weighted by Gasteiger charge is 2.24. The second-order valence-electron chi connectivity index (χ2n) is 6.59. The minimum absolute atomic E-state index is 0.158. The van der Waals surface area contributed by atoms with Crippen LogP contribution in [0.25, 0.3) is 5.65 Å². The molecule has 1 fully saturated rings. The second-order valence-corrected chi connectivity index (χ2v) is 6.98. The lowest BCUT2D eigenvalue weighted by atomic mass is 9.93. The molecule has 1 aliphatic rings. The van der Waals surface area contributed by atoms with Gasteiger partial charge in [0.15, 0.2) is 11.3 Å². The van der Waals surface area contributed by atoms with E-state index >= 15 is 0 Å². The topological polar surface area (TPSA) is 68.5 Å². The van der Waals surface area contributed by atoms with Gasteiger partial charge in [0.1, 0.15) is 5.15 Å². The Hall–Kier alpha value is -1.66. The number of halogens is 1. The number of imidazole rings is 1. The van der Waals surface area contributed by atoms with Gasteiger partial charge in [-0.2, -0.15) is 5.10 Å². The summed E-state index contributed by atoms with van der Waals surface area (Å²) in [6.07, 6.45) is 9.32. The van der Waals surface area contributed by atoms with Crippen LogP contribution in [-0.2, 0) is 4.74 Å². The predicted molar refractivity (Wildman–Crippen MR) is 97.0 cm³/mol. The molecule has 1 saturated carbocycles. The van der Waals surface area contributed by atoms with Crippen molar-refractivity contribution in [1.29, 1.82) is 0 Å². The molecule has 0 unspecified atom stereocenters. The molecule has 0 spiro atoms. The van der Waals surface area contributed by atoms with Gasteiger partial charge in [0.2, 0.25) is 0 Å². The van der Waals surface area contributed by atoms with Crippen molar-refractivity contribution in [2.24, 2.45) is 0 Å². The summed E-state index contributed by atoms with van der Waals surface area (Å²) >= 11 is 5.92. The van der Waals surface area contributed by atoms with E-state index in [2.05, 4.69) is 22.3 Å². The smallest absolute Gasteiger partial charge is 0.271 e. The molecule has 0 atom stereocenters. The molecule has 1 aliphatic carbocycles. The third-order valence-corrected chi connectivity index (χ3v) is 4.87. The molecular weight excluding hydrogens is 340 g/mol. The number of nitrogens with one attached hydrogen (secondary N) is 1. The van der Waals surface area contributed by atoms with E-state index in [1.54, 1.807) is 12.1 Å². The monoisotopic (exact) mass is 364 g/mol. The quantitative estimate of drug-likeness (QED) is 0.762. The molecule has 2 aromatic rings. The van der Waals surface area contributed by atoms with Gasteiger partial charge in [0.05, 0.1) is 12.3 Å². The molecule has 2 heterocycles. The lowest BCUT2D eigenvalue weighted by Crippen LogP contribution is -2.39. The molecule has 0 saturated heterocycles. The number of rotatable bonds is 7. The first-order chi connectivity index (χ1) is 12.2. The summed E-state index contributed by atoms with van der Waals surface area (Å²) in [6, 6.07) is 3.58. The fourth-order valence-corrected chi connectivity index (χ4v) is 3.38. The number of aromatic nitrogens is 3. The number of carbonyl (C=O) groups is 1. The van der Waals surface area contributed by atoms with Gasteiger partial charge in [-0.15, -0.1) is 0 Å². The van der Waals surface area contributed by atoms with Gasteiger partial charge >= 0.3 is 0 Å². The molecule has 136 valence electrons. The maximum Gasteiger partial charge on any atom is 0.271 e. The Morgan fingerprint density at radius 1 is 1.32 bits per heavy atom. The third kappa shape index (κ3) is 4.70. The second kappa shape index (κ2) is 8.63. The lowest BCUT2D eigenvalue weighted by molar-refractivity contribution is 0.0204. The van der Waals surface area contributed by atoms with Crippen molar-refractivity contribution >= 4 is 23.2 Å². The summed E-state index contributed by atoms with van der Waals surface area (Å²) in [5, 5.41) is 7.57. The van der Waals surface area contributed by atoms with Crippen LogP contribution in [0, 0.1) is 0 Å². The Morgan fingerprint density at radius 2 is 2.12 bits per heavy atom. The van der Waals surface area contributed by atoms with E-state index in [-0.39, 0.29) is 11.9 Å². The van der Waals surface area contributed by atoms with E-state index in [0.717, 1.165) is 38.7 Å². The molecule has 0 aliphatic heterocycles. The summed E-state index contributed by atoms with van der Waals surface area (Å²) in [7, 11) is 0. The molecule has 0 bridgehead atoms. The highest BCUT2D eigenvalue weighted by atomic mass is 35.5. The van der Waals surface area contributed by atoms with Crippen LogP contribution in [0.2, 0.25) is 5.15 Å². The Kier molecular flexibility index (Phi) is 6.26. The van der Waals surface area contributed by atoms with E-state index in [9.17, 15) is 4.79 Å². The minimum Gasteiger partial charge on any atom is -0.378 e. The zero-order valence-electron chi connectivity index (χ0n) is 14.6. The Bertz CT molecular complexity index is 710. The van der Waals surface area contributed by atoms with Gasteiger partial charge in [-0.1, -0.05) is 31.4 Å². The molecule has 25 heavy (non-hydrogen) atoms. The summed E-state index contributed by atoms with van der Waals surface area (Å²) in [5.74, 6) is -0.158. The maximum atomic E-state index is 12.5. The highest BCUT2D eigenvalue weighted by Crippen LogP contribution is 2.22. The number of hydrogen-bond acceptors (Lipinski definition) is 4. The van der Waals surface area contributed by atoms with Crippen LogP contribution in [0.4, 0.5) is 0 Å². The van der Waals surface area contributed by atoms with Gasteiger partial charge in [-0.3, -0.25) is 4.79 Å². The van der Waals surface area contributed by atoms with E-state index in [4.69, 9.17) is 16.3 Å². The molecule has 6 nitrogen and oxygen atoms in total. The molecule has 1 N–H and O–H groups in total. The number of unbranched alkanes of at least 4 members (excludes halogenated alkanes) is 2. The largest absolute Gasteiger partial charge is 0.378 e. The van der Waals surface area contributed by atoms with Gasteiger partial charge < -0.3 is 10.1 Å². The predicted octanol–water partition coefficient (Wildman–Crippen LogP) is 3.63. The van der Waals surface area contributed by atoms with Crippen LogP contribution in [0.15, 0.2) is 18.3 Å². The fraction of sp³-hybridized carbons (Fsp3) is 0.611. The minimum atomic E-state index is -0.158. The third-order valence-electron chi connectivity index (χ3n) is 4.67. The molecule has 1 amide bonds. The maximum absolute atomic E-state index is 12.5. The molecule has 3 rings (SSSR count). The number of hydrogen-bond donors (Lipinski definition) is 1. The zero-order chi connectivity index (χ0) is 17.6. The van der Waals surface area contributed by atoms with Crippen molar-refractivity contribution in [3.63, 3.8) is 0 Å². The average Bonchev–Trinajstić information content (AvgIpc) is 3.03. The zero-order valence-corrected chi connectivity index (χ0v) is 15.3. The summed E-state index contributed by atoms with van der Waals surface area (Å²) in [6.45, 7) is 3.05. The molecule has 7 heteroatoms. The van der Waals surface area contributed by atoms with Crippen molar-refractivity contribution in [3.05, 3.63) is 29.2 Å². The molecule has 2 aromatic heterocycles. The lowest BCUT2D eigenvalue weighted by Gasteiger charge is -2.29. The Labute approximate surface area is 152 Å². The Balaban J connectivity index is 1.50. The van der Waals surface area contributed by atoms with E-state index in [1.807, 2.05) is 0 Å². The van der Waals surface area contributed by atoms with Crippen LogP contribution in [0.3, 0.4) is 0 Å². The number of nitrogens with zero attached hydrogens (tertiary/aromatic N) is 3. The van der Waals surface area contributed by atoms with Gasteiger partial charge in [0.25, 0.3) is 5.91 Å². The first kappa shape index (κ1) is 18.1. The number of ether oxygens (including phenoxy) is 1. The van der Waals surface area contributed by atoms with Crippen LogP contribution in [0.5, 0.6) is 0 Å². The average molecular weight is 365 g/mol. The summed E-state index contributed by atoms with van der Waals surface area (Å²) < 4.78 is 7.42. The molecular formula is C18H25ClN4O2. The van der Waals surface area contributed by atoms with Gasteiger partial charge in [-0.05, 0) is 44.2 Å². The van der Waals surface area contributed by atoms with Crippen molar-refractivity contribution in [2.45, 2.75) is 64.0 Å². The number of amides is 1. The first-order valence-corrected chi connectivity index (χ1v) is 9.48. The highest BCUT2D eigenvalue weighted by molar-refractivity contribution is 6.29. The van der Waals surface area contributed by atoms with Crippen molar-refractivity contribution in [1.82, 2.24) is 19.9 Å². The van der Waals surface area contributed by atoms with Crippen molar-refractivity contribution < 1.29 is 9.53 Å². The van der Waals surface area contributed by atoms with Crippen molar-refractivity contribution in [3.8, 4) is 0 Å². The summed E-state index contributed by atoms with van der Waals surface area (Å²) in [5.41, 5.74) is 1.02. The Morgan fingerprint density at radius 3 is 2.88 bits per heavy atom. The number of fused-ring (bicyclic) bond motifs is 1. The van der Waals surface area contributed by atoms with Crippen molar-refractivity contribution in [2.75, 3.05) is 6.61 Å². The SMILES string of the molecule is CCCCCO[C@H]1CC[C@H](NC(=O)c2cnc3ccc(Cl)nn23)CC1. The summed E-state index contributed by atoms with van der Waals surface area (Å²) in [4.78, 5) is 16.7. The standard InChI is InChI=1S/C18H25ClN4O2/c1-2-3-4-11-25-14-7-5-13(6-8-14)21-18(24)15-12-20-17-10-9-16(19)22-23(15)17/h9-10,12-14H,2-8,11H2,1H3,(H,21,24)/t13-,14-. The van der Waals surface area contributed by atoms with E-state index < -0.39 is 0 Å². The fourth-order valence-electron chi connectivity index (χ4n) is 3.24. The van der Waals surface area contributed by atoms with Crippen LogP contribution in [-0.4, -0.2) is 39.3 Å². The van der Waals surface area contributed by atoms with Crippen LogP contribution in [0.1, 0.15) is 62.4 Å². The molecule has 0 aromatic carbocycles. The van der Waals surface area contributed by atoms with Gasteiger partial charge in [-0.25, -0.2) is 9.50 Å².